The summed E-state index contributed by atoms with van der Waals surface area (Å²) in [6.07, 6.45) is -3.74. The van der Waals surface area contributed by atoms with Crippen molar-refractivity contribution >= 4 is 17.6 Å². The van der Waals surface area contributed by atoms with Crippen molar-refractivity contribution in [3.8, 4) is 0 Å². The Balaban J connectivity index is 2.84. The van der Waals surface area contributed by atoms with Crippen molar-refractivity contribution in [1.82, 2.24) is 9.21 Å². The number of nitrogens with zero attached hydrogens (tertiary/aromatic N) is 3. The van der Waals surface area contributed by atoms with E-state index >= 15 is 0 Å². The third kappa shape index (κ3) is 5.82. The normalized spacial score (nSPS) is 12.2. The van der Waals surface area contributed by atoms with Gasteiger partial charge in [0.1, 0.15) is 4.90 Å². The summed E-state index contributed by atoms with van der Waals surface area (Å²) < 4.78 is 39.6. The minimum atomic E-state index is -4.59. The summed E-state index contributed by atoms with van der Waals surface area (Å²) in [5.74, 6) is 0. The molecule has 0 fully saturated rings. The minimum Gasteiger partial charge on any atom is -0.309 e. The second-order valence-electron chi connectivity index (χ2n) is 5.04. The van der Waals surface area contributed by atoms with Gasteiger partial charge in [0, 0.05) is 12.6 Å². The Bertz CT molecular complexity index is 524. The van der Waals surface area contributed by atoms with Gasteiger partial charge in [0.15, 0.2) is 0 Å². The molecular formula is C13H18F3N3O2S. The van der Waals surface area contributed by atoms with E-state index in [-0.39, 0.29) is 4.90 Å². The van der Waals surface area contributed by atoms with Crippen LogP contribution in [0.4, 0.5) is 18.9 Å². The van der Waals surface area contributed by atoms with Crippen LogP contribution in [0.2, 0.25) is 0 Å². The average molecular weight is 337 g/mol. The molecule has 1 aromatic carbocycles. The molecule has 0 aliphatic carbocycles. The molecule has 0 aliphatic rings. The number of nitro groups is 1. The fourth-order valence-corrected chi connectivity index (χ4v) is 2.65. The molecule has 5 nitrogen and oxygen atoms in total. The zero-order valence-electron chi connectivity index (χ0n) is 12.6. The Morgan fingerprint density at radius 3 is 2.36 bits per heavy atom. The zero-order valence-corrected chi connectivity index (χ0v) is 13.4. The van der Waals surface area contributed by atoms with Crippen molar-refractivity contribution in [2.45, 2.75) is 17.5 Å². The Morgan fingerprint density at radius 1 is 1.23 bits per heavy atom. The standard InChI is InChI=1S/C13H18F3N3O2S/c1-17(2)7-4-8-18(3)22-12-6-5-10(13(14,15)16)9-11(12)19(20)21/h5-6,9H,4,7-8H2,1-3H3. The third-order valence-electron chi connectivity index (χ3n) is 2.82. The Hall–Kier alpha value is -1.32. The number of hydrogen-bond donors (Lipinski definition) is 0. The molecule has 9 heteroatoms. The van der Waals surface area contributed by atoms with Gasteiger partial charge < -0.3 is 4.90 Å². The van der Waals surface area contributed by atoms with Gasteiger partial charge in [-0.2, -0.15) is 13.2 Å². The van der Waals surface area contributed by atoms with Crippen LogP contribution >= 0.6 is 11.9 Å². The smallest absolute Gasteiger partial charge is 0.309 e. The topological polar surface area (TPSA) is 49.6 Å². The molecule has 0 bridgehead atoms. The molecule has 0 aliphatic heterocycles. The van der Waals surface area contributed by atoms with Crippen LogP contribution in [0.1, 0.15) is 12.0 Å². The van der Waals surface area contributed by atoms with E-state index in [1.165, 1.54) is 0 Å². The van der Waals surface area contributed by atoms with Crippen LogP contribution in [0.5, 0.6) is 0 Å². The highest BCUT2D eigenvalue weighted by atomic mass is 32.2. The van der Waals surface area contributed by atoms with Crippen molar-refractivity contribution in [2.24, 2.45) is 0 Å². The number of benzene rings is 1. The highest BCUT2D eigenvalue weighted by molar-refractivity contribution is 7.97. The van der Waals surface area contributed by atoms with Crippen molar-refractivity contribution in [2.75, 3.05) is 34.2 Å². The van der Waals surface area contributed by atoms with E-state index in [4.69, 9.17) is 0 Å². The molecule has 0 spiro atoms. The molecule has 1 aromatic rings. The lowest BCUT2D eigenvalue weighted by Gasteiger charge is -2.17. The highest BCUT2D eigenvalue weighted by Gasteiger charge is 2.33. The van der Waals surface area contributed by atoms with Gasteiger partial charge in [-0.3, -0.25) is 10.1 Å². The van der Waals surface area contributed by atoms with E-state index in [9.17, 15) is 23.3 Å². The van der Waals surface area contributed by atoms with Crippen molar-refractivity contribution in [3.05, 3.63) is 33.9 Å². The lowest BCUT2D eigenvalue weighted by atomic mass is 10.2. The maximum Gasteiger partial charge on any atom is 0.416 e. The van der Waals surface area contributed by atoms with Gasteiger partial charge in [0.2, 0.25) is 0 Å². The number of hydrogen-bond acceptors (Lipinski definition) is 5. The molecule has 0 amide bonds. The average Bonchev–Trinajstić information content (AvgIpc) is 2.36. The van der Waals surface area contributed by atoms with Crippen molar-refractivity contribution in [3.63, 3.8) is 0 Å². The molecule has 0 unspecified atom stereocenters. The Kier molecular flexibility index (Phi) is 6.64. The van der Waals surface area contributed by atoms with E-state index in [0.717, 1.165) is 37.0 Å². The summed E-state index contributed by atoms with van der Waals surface area (Å²) in [5, 5.41) is 11.0. The van der Waals surface area contributed by atoms with Gasteiger partial charge in [0.05, 0.1) is 10.5 Å². The predicted molar refractivity (Wildman–Crippen MR) is 79.8 cm³/mol. The van der Waals surface area contributed by atoms with Gasteiger partial charge >= 0.3 is 6.18 Å². The number of nitro benzene ring substituents is 1. The summed E-state index contributed by atoms with van der Waals surface area (Å²) in [4.78, 5) is 12.4. The molecule has 0 aromatic heterocycles. The Labute approximate surface area is 131 Å². The molecule has 0 saturated heterocycles. The summed E-state index contributed by atoms with van der Waals surface area (Å²) in [6.45, 7) is 1.53. The van der Waals surface area contributed by atoms with Gasteiger partial charge in [0.25, 0.3) is 5.69 Å². The first-order valence-corrected chi connectivity index (χ1v) is 7.28. The predicted octanol–water partition coefficient (Wildman–Crippen LogP) is 3.50. The summed E-state index contributed by atoms with van der Waals surface area (Å²) in [7, 11) is 5.63. The van der Waals surface area contributed by atoms with Crippen LogP contribution in [0.25, 0.3) is 0 Å². The summed E-state index contributed by atoms with van der Waals surface area (Å²) in [6, 6.07) is 2.59. The van der Waals surface area contributed by atoms with Gasteiger partial charge in [-0.05, 0) is 58.2 Å². The van der Waals surface area contributed by atoms with E-state index < -0.39 is 22.4 Å². The van der Waals surface area contributed by atoms with Crippen LogP contribution in [-0.4, -0.2) is 48.4 Å². The van der Waals surface area contributed by atoms with Gasteiger partial charge in [-0.15, -0.1) is 0 Å². The SMILES string of the molecule is CN(C)CCCN(C)Sc1ccc(C(F)(F)F)cc1[N+](=O)[O-]. The fourth-order valence-electron chi connectivity index (χ4n) is 1.74. The molecule has 0 saturated carbocycles. The first kappa shape index (κ1) is 18.7. The molecule has 124 valence electrons. The van der Waals surface area contributed by atoms with Crippen LogP contribution in [0.3, 0.4) is 0 Å². The van der Waals surface area contributed by atoms with Gasteiger partial charge in [-0.25, -0.2) is 4.31 Å². The summed E-state index contributed by atoms with van der Waals surface area (Å²) >= 11 is 1.08. The first-order chi connectivity index (χ1) is 10.1. The molecular weight excluding hydrogens is 319 g/mol. The molecule has 0 atom stereocenters. The van der Waals surface area contributed by atoms with Crippen LogP contribution in [0, 0.1) is 10.1 Å². The molecule has 0 radical (unpaired) electrons. The zero-order chi connectivity index (χ0) is 16.9. The second kappa shape index (κ2) is 7.80. The number of alkyl halides is 3. The minimum absolute atomic E-state index is 0.199. The lowest BCUT2D eigenvalue weighted by molar-refractivity contribution is -0.388. The molecule has 1 rings (SSSR count). The molecule has 22 heavy (non-hydrogen) atoms. The van der Waals surface area contributed by atoms with Crippen LogP contribution in [-0.2, 0) is 6.18 Å². The molecule has 0 N–H and O–H groups in total. The highest BCUT2D eigenvalue weighted by Crippen LogP contribution is 2.37. The fraction of sp³-hybridized carbons (Fsp3) is 0.538. The van der Waals surface area contributed by atoms with Crippen LogP contribution in [0.15, 0.2) is 23.1 Å². The maximum atomic E-state index is 12.6. The van der Waals surface area contributed by atoms with E-state index in [0.29, 0.717) is 12.6 Å². The first-order valence-electron chi connectivity index (χ1n) is 6.50. The maximum absolute atomic E-state index is 12.6. The van der Waals surface area contributed by atoms with Crippen molar-refractivity contribution < 1.29 is 18.1 Å². The monoisotopic (exact) mass is 337 g/mol. The van der Waals surface area contributed by atoms with E-state index in [2.05, 4.69) is 0 Å². The van der Waals surface area contributed by atoms with Crippen molar-refractivity contribution in [1.29, 1.82) is 0 Å². The Morgan fingerprint density at radius 2 is 1.86 bits per heavy atom. The largest absolute Gasteiger partial charge is 0.416 e. The molecule has 0 heterocycles. The third-order valence-corrected chi connectivity index (χ3v) is 3.85. The second-order valence-corrected chi connectivity index (χ2v) is 6.28. The number of halogens is 3. The van der Waals surface area contributed by atoms with E-state index in [1.807, 2.05) is 19.0 Å². The van der Waals surface area contributed by atoms with Crippen LogP contribution < -0.4 is 0 Å². The lowest BCUT2D eigenvalue weighted by Crippen LogP contribution is -2.19. The number of rotatable bonds is 7. The summed E-state index contributed by atoms with van der Waals surface area (Å²) in [5.41, 5.74) is -1.54. The van der Waals surface area contributed by atoms with Gasteiger partial charge in [-0.1, -0.05) is 0 Å². The van der Waals surface area contributed by atoms with E-state index in [1.54, 1.807) is 11.4 Å². The quantitative estimate of drug-likeness (QED) is 0.433.